The van der Waals surface area contributed by atoms with Crippen molar-refractivity contribution in [2.45, 2.75) is 53.2 Å². The van der Waals surface area contributed by atoms with E-state index in [9.17, 15) is 0 Å². The van der Waals surface area contributed by atoms with Gasteiger partial charge in [0.1, 0.15) is 17.3 Å². The molecule has 0 spiro atoms. The Morgan fingerprint density at radius 3 is 2.76 bits per heavy atom. The molecular formula is C16H24N4O. The van der Waals surface area contributed by atoms with Gasteiger partial charge in [0.15, 0.2) is 0 Å². The standard InChI is InChI=1S/C16H24N4O/c1-5-13-12(6-7-21-13)8-20-10(3)9(2)14-15(17)18-11(4)19-16(14)20/h12-13H,5-8H2,1-4H3,(H2,17,18,19). The third-order valence-corrected chi connectivity index (χ3v) is 4.77. The monoisotopic (exact) mass is 288 g/mol. The third-order valence-electron chi connectivity index (χ3n) is 4.77. The predicted molar refractivity (Wildman–Crippen MR) is 84.3 cm³/mol. The number of aromatic nitrogens is 3. The Morgan fingerprint density at radius 2 is 2.05 bits per heavy atom. The van der Waals surface area contributed by atoms with Crippen molar-refractivity contribution in [3.63, 3.8) is 0 Å². The molecule has 2 atom stereocenters. The van der Waals surface area contributed by atoms with Crippen LogP contribution in [0, 0.1) is 26.7 Å². The number of nitrogens with two attached hydrogens (primary N) is 1. The van der Waals surface area contributed by atoms with Gasteiger partial charge in [-0.1, -0.05) is 6.92 Å². The topological polar surface area (TPSA) is 66.0 Å². The lowest BCUT2D eigenvalue weighted by Crippen LogP contribution is -2.21. The quantitative estimate of drug-likeness (QED) is 0.943. The largest absolute Gasteiger partial charge is 0.383 e. The molecule has 21 heavy (non-hydrogen) atoms. The fraction of sp³-hybridized carbons (Fsp3) is 0.625. The molecule has 0 radical (unpaired) electrons. The Bertz CT molecular complexity index is 677. The van der Waals surface area contributed by atoms with Crippen LogP contribution in [-0.4, -0.2) is 27.2 Å². The van der Waals surface area contributed by atoms with E-state index in [1.54, 1.807) is 0 Å². The summed E-state index contributed by atoms with van der Waals surface area (Å²) >= 11 is 0. The normalized spacial score (nSPS) is 22.3. The number of hydrogen-bond donors (Lipinski definition) is 1. The van der Waals surface area contributed by atoms with Gasteiger partial charge in [0.05, 0.1) is 11.5 Å². The van der Waals surface area contributed by atoms with Crippen LogP contribution in [0.1, 0.15) is 36.8 Å². The lowest BCUT2D eigenvalue weighted by molar-refractivity contribution is 0.0836. The van der Waals surface area contributed by atoms with E-state index in [0.29, 0.717) is 17.8 Å². The van der Waals surface area contributed by atoms with Crippen LogP contribution in [0.5, 0.6) is 0 Å². The highest BCUT2D eigenvalue weighted by Gasteiger charge is 2.28. The van der Waals surface area contributed by atoms with Gasteiger partial charge in [0.2, 0.25) is 0 Å². The SMILES string of the molecule is CCC1OCCC1Cn1c(C)c(C)c2c(N)nc(C)nc21. The number of rotatable bonds is 3. The van der Waals surface area contributed by atoms with Crippen LogP contribution >= 0.6 is 0 Å². The second kappa shape index (κ2) is 5.30. The molecule has 1 saturated heterocycles. The highest BCUT2D eigenvalue weighted by atomic mass is 16.5. The van der Waals surface area contributed by atoms with Crippen LogP contribution in [0.3, 0.4) is 0 Å². The number of ether oxygens (including phenoxy) is 1. The van der Waals surface area contributed by atoms with Crippen LogP contribution < -0.4 is 5.73 Å². The summed E-state index contributed by atoms with van der Waals surface area (Å²) in [6, 6.07) is 0. The number of aryl methyl sites for hydroxylation is 2. The zero-order valence-corrected chi connectivity index (χ0v) is 13.3. The molecular weight excluding hydrogens is 264 g/mol. The molecule has 0 amide bonds. The Balaban J connectivity index is 2.08. The van der Waals surface area contributed by atoms with Gasteiger partial charge >= 0.3 is 0 Å². The molecule has 1 aliphatic heterocycles. The summed E-state index contributed by atoms with van der Waals surface area (Å²) in [6.07, 6.45) is 2.55. The fourth-order valence-electron chi connectivity index (χ4n) is 3.49. The first-order chi connectivity index (χ1) is 10.0. The minimum absolute atomic E-state index is 0.363. The summed E-state index contributed by atoms with van der Waals surface area (Å²) < 4.78 is 8.13. The molecule has 2 N–H and O–H groups in total. The number of hydrogen-bond acceptors (Lipinski definition) is 4. The Labute approximate surface area is 125 Å². The average Bonchev–Trinajstić information content (AvgIpc) is 2.97. The lowest BCUT2D eigenvalue weighted by atomic mass is 9.99. The van der Waals surface area contributed by atoms with E-state index < -0.39 is 0 Å². The maximum atomic E-state index is 6.11. The smallest absolute Gasteiger partial charge is 0.146 e. The second-order valence-electron chi connectivity index (χ2n) is 6.04. The molecule has 0 aromatic carbocycles. The molecule has 2 unspecified atom stereocenters. The Kier molecular flexibility index (Phi) is 3.61. The first-order valence-corrected chi connectivity index (χ1v) is 7.74. The third kappa shape index (κ3) is 2.29. The molecule has 0 bridgehead atoms. The van der Waals surface area contributed by atoms with Gasteiger partial charge < -0.3 is 15.0 Å². The van der Waals surface area contributed by atoms with Crippen molar-refractivity contribution in [3.05, 3.63) is 17.1 Å². The summed E-state index contributed by atoms with van der Waals surface area (Å²) in [5, 5.41) is 1.00. The van der Waals surface area contributed by atoms with Gasteiger partial charge in [0, 0.05) is 24.8 Å². The molecule has 2 aromatic heterocycles. The van der Waals surface area contributed by atoms with E-state index in [0.717, 1.165) is 42.9 Å². The summed E-state index contributed by atoms with van der Waals surface area (Å²) in [7, 11) is 0. The molecule has 3 heterocycles. The van der Waals surface area contributed by atoms with E-state index in [2.05, 4.69) is 35.3 Å². The molecule has 3 rings (SSSR count). The van der Waals surface area contributed by atoms with Crippen molar-refractivity contribution in [3.8, 4) is 0 Å². The van der Waals surface area contributed by atoms with E-state index in [4.69, 9.17) is 10.5 Å². The minimum Gasteiger partial charge on any atom is -0.383 e. The molecule has 114 valence electrons. The second-order valence-corrected chi connectivity index (χ2v) is 6.04. The molecule has 0 saturated carbocycles. The highest BCUT2D eigenvalue weighted by molar-refractivity contribution is 5.91. The Hall–Kier alpha value is -1.62. The minimum atomic E-state index is 0.363. The maximum absolute atomic E-state index is 6.11. The van der Waals surface area contributed by atoms with Gasteiger partial charge in [-0.15, -0.1) is 0 Å². The first kappa shape index (κ1) is 14.3. The molecule has 1 aliphatic rings. The van der Waals surface area contributed by atoms with Gasteiger partial charge in [-0.25, -0.2) is 9.97 Å². The molecule has 1 fully saturated rings. The van der Waals surface area contributed by atoms with Gasteiger partial charge in [-0.3, -0.25) is 0 Å². The number of anilines is 1. The van der Waals surface area contributed by atoms with E-state index >= 15 is 0 Å². The molecule has 0 aliphatic carbocycles. The van der Waals surface area contributed by atoms with Gasteiger partial charge in [-0.05, 0) is 39.2 Å². The van der Waals surface area contributed by atoms with E-state index in [-0.39, 0.29) is 0 Å². The van der Waals surface area contributed by atoms with Gasteiger partial charge in [-0.2, -0.15) is 0 Å². The van der Waals surface area contributed by atoms with E-state index in [1.807, 2.05) is 6.92 Å². The lowest BCUT2D eigenvalue weighted by Gasteiger charge is -2.19. The van der Waals surface area contributed by atoms with Crippen molar-refractivity contribution in [2.75, 3.05) is 12.3 Å². The van der Waals surface area contributed by atoms with Crippen molar-refractivity contribution in [1.29, 1.82) is 0 Å². The zero-order valence-electron chi connectivity index (χ0n) is 13.3. The van der Waals surface area contributed by atoms with Crippen molar-refractivity contribution in [2.24, 2.45) is 5.92 Å². The maximum Gasteiger partial charge on any atom is 0.146 e. The molecule has 5 heteroatoms. The number of fused-ring (bicyclic) bond motifs is 1. The van der Waals surface area contributed by atoms with Crippen LogP contribution in [0.15, 0.2) is 0 Å². The first-order valence-electron chi connectivity index (χ1n) is 7.74. The van der Waals surface area contributed by atoms with Crippen molar-refractivity contribution in [1.82, 2.24) is 14.5 Å². The van der Waals surface area contributed by atoms with Crippen LogP contribution in [0.25, 0.3) is 11.0 Å². The summed E-state index contributed by atoms with van der Waals surface area (Å²) in [5.74, 6) is 1.88. The van der Waals surface area contributed by atoms with Crippen LogP contribution in [0.2, 0.25) is 0 Å². The molecule has 5 nitrogen and oxygen atoms in total. The number of nitrogen functional groups attached to an aromatic ring is 1. The summed E-state index contributed by atoms with van der Waals surface area (Å²) in [6.45, 7) is 10.2. The van der Waals surface area contributed by atoms with Crippen molar-refractivity contribution >= 4 is 16.9 Å². The summed E-state index contributed by atoms with van der Waals surface area (Å²) in [5.41, 5.74) is 9.51. The average molecular weight is 288 g/mol. The van der Waals surface area contributed by atoms with Gasteiger partial charge in [0.25, 0.3) is 0 Å². The zero-order chi connectivity index (χ0) is 15.1. The predicted octanol–water partition coefficient (Wildman–Crippen LogP) is 2.75. The molecule has 2 aromatic rings. The summed E-state index contributed by atoms with van der Waals surface area (Å²) in [4.78, 5) is 8.95. The van der Waals surface area contributed by atoms with E-state index in [1.165, 1.54) is 11.3 Å². The van der Waals surface area contributed by atoms with Crippen molar-refractivity contribution < 1.29 is 4.74 Å². The van der Waals surface area contributed by atoms with Crippen LogP contribution in [0.4, 0.5) is 5.82 Å². The highest BCUT2D eigenvalue weighted by Crippen LogP contribution is 2.31. The Morgan fingerprint density at radius 1 is 1.29 bits per heavy atom. The number of nitrogens with zero attached hydrogens (tertiary/aromatic N) is 3. The van der Waals surface area contributed by atoms with Crippen LogP contribution in [-0.2, 0) is 11.3 Å². The fourth-order valence-corrected chi connectivity index (χ4v) is 3.49.